The molecular formula is C6H9NO2. The van der Waals surface area contributed by atoms with Crippen LogP contribution in [0.3, 0.4) is 0 Å². The van der Waals surface area contributed by atoms with Gasteiger partial charge in [0.1, 0.15) is 0 Å². The van der Waals surface area contributed by atoms with Crippen LogP contribution in [0.4, 0.5) is 0 Å². The zero-order chi connectivity index (χ0) is 7.28. The summed E-state index contributed by atoms with van der Waals surface area (Å²) in [5, 5.41) is 8.78. The third kappa shape index (κ3) is 3.46. The molecule has 0 aromatic carbocycles. The van der Waals surface area contributed by atoms with E-state index in [1.165, 1.54) is 0 Å². The molecule has 0 saturated heterocycles. The van der Waals surface area contributed by atoms with Crippen LogP contribution in [0, 0.1) is 0 Å². The van der Waals surface area contributed by atoms with Crippen molar-refractivity contribution >= 4 is 12.5 Å². The van der Waals surface area contributed by atoms with E-state index in [0.717, 1.165) is 6.21 Å². The van der Waals surface area contributed by atoms with Gasteiger partial charge in [0.05, 0.1) is 6.21 Å². The first-order valence-corrected chi connectivity index (χ1v) is 2.52. The van der Waals surface area contributed by atoms with Crippen LogP contribution >= 0.6 is 0 Å². The van der Waals surface area contributed by atoms with Crippen molar-refractivity contribution in [2.24, 2.45) is 4.99 Å². The number of aldehydes is 1. The van der Waals surface area contributed by atoms with E-state index in [1.54, 1.807) is 13.8 Å². The van der Waals surface area contributed by atoms with Crippen molar-refractivity contribution in [3.8, 4) is 0 Å². The predicted octanol–water partition coefficient (Wildman–Crippen LogP) is 1.07. The summed E-state index contributed by atoms with van der Waals surface area (Å²) in [6.45, 7) is 3.41. The number of allylic oxidation sites excluding steroid dienone is 1. The Bertz CT molecular complexity index is 154. The second-order valence-corrected chi connectivity index (χ2v) is 1.74. The van der Waals surface area contributed by atoms with Gasteiger partial charge in [0.25, 0.3) is 0 Å². The fourth-order valence-corrected chi connectivity index (χ4v) is 0.230. The predicted molar refractivity (Wildman–Crippen MR) is 35.6 cm³/mol. The fourth-order valence-electron chi connectivity index (χ4n) is 0.230. The third-order valence-corrected chi connectivity index (χ3v) is 0.705. The van der Waals surface area contributed by atoms with E-state index >= 15 is 0 Å². The first kappa shape index (κ1) is 7.88. The molecule has 0 spiro atoms. The monoisotopic (exact) mass is 127 g/mol. The number of hydrogen-bond acceptors (Lipinski definition) is 3. The molecule has 0 aromatic rings. The molecule has 0 aliphatic carbocycles. The smallest absolute Gasteiger partial charge is 0.209 e. The molecule has 0 amide bonds. The van der Waals surface area contributed by atoms with Crippen LogP contribution in [0.5, 0.6) is 0 Å². The van der Waals surface area contributed by atoms with Crippen molar-refractivity contribution in [2.75, 3.05) is 0 Å². The van der Waals surface area contributed by atoms with Crippen molar-refractivity contribution in [3.05, 3.63) is 11.5 Å². The molecule has 0 fully saturated rings. The Hall–Kier alpha value is -1.12. The molecule has 0 saturated carbocycles. The summed E-state index contributed by atoms with van der Waals surface area (Å²) in [6, 6.07) is 0. The lowest BCUT2D eigenvalue weighted by molar-refractivity contribution is -0.102. The topological polar surface area (TPSA) is 49.7 Å². The normalized spacial score (nSPS) is 9.56. The molecule has 1 N–H and O–H groups in total. The number of aliphatic hydroxyl groups is 1. The summed E-state index contributed by atoms with van der Waals surface area (Å²) >= 11 is 0. The number of carbonyl (C=O) groups excluding carboxylic acids is 1. The molecular weight excluding hydrogens is 118 g/mol. The Morgan fingerprint density at radius 1 is 1.56 bits per heavy atom. The number of nitrogens with zero attached hydrogens (tertiary/aromatic N) is 1. The van der Waals surface area contributed by atoms with Gasteiger partial charge in [0.2, 0.25) is 5.88 Å². The van der Waals surface area contributed by atoms with Crippen molar-refractivity contribution in [2.45, 2.75) is 13.8 Å². The van der Waals surface area contributed by atoms with E-state index in [1.807, 2.05) is 0 Å². The van der Waals surface area contributed by atoms with E-state index in [4.69, 9.17) is 5.11 Å². The number of carbonyl (C=O) groups is 1. The summed E-state index contributed by atoms with van der Waals surface area (Å²) in [5.41, 5.74) is 0.688. The lowest BCUT2D eigenvalue weighted by Gasteiger charge is -1.89. The second kappa shape index (κ2) is 3.83. The summed E-state index contributed by atoms with van der Waals surface area (Å²) in [5.74, 6) is -0.0953. The summed E-state index contributed by atoms with van der Waals surface area (Å²) < 4.78 is 0. The van der Waals surface area contributed by atoms with E-state index < -0.39 is 0 Å². The number of rotatable bonds is 2. The van der Waals surface area contributed by atoms with Crippen LogP contribution in [0.25, 0.3) is 0 Å². The van der Waals surface area contributed by atoms with Gasteiger partial charge in [-0.05, 0) is 19.4 Å². The molecule has 0 bridgehead atoms. The largest absolute Gasteiger partial charge is 0.493 e. The van der Waals surface area contributed by atoms with Crippen molar-refractivity contribution in [3.63, 3.8) is 0 Å². The maximum absolute atomic E-state index is 9.65. The van der Waals surface area contributed by atoms with E-state index in [2.05, 4.69) is 4.99 Å². The van der Waals surface area contributed by atoms with Gasteiger partial charge in [-0.2, -0.15) is 0 Å². The van der Waals surface area contributed by atoms with Gasteiger partial charge in [-0.15, -0.1) is 0 Å². The second-order valence-electron chi connectivity index (χ2n) is 1.74. The quantitative estimate of drug-likeness (QED) is 0.342. The number of hydrogen-bond donors (Lipinski definition) is 1. The Labute approximate surface area is 53.7 Å². The van der Waals surface area contributed by atoms with Gasteiger partial charge in [-0.25, -0.2) is 4.99 Å². The molecule has 3 heteroatoms. The van der Waals surface area contributed by atoms with Crippen molar-refractivity contribution < 1.29 is 9.90 Å². The molecule has 0 atom stereocenters. The highest BCUT2D eigenvalue weighted by Gasteiger charge is 1.86. The Morgan fingerprint density at radius 3 is 2.44 bits per heavy atom. The average molecular weight is 127 g/mol. The molecule has 9 heavy (non-hydrogen) atoms. The van der Waals surface area contributed by atoms with E-state index in [-0.39, 0.29) is 5.88 Å². The number of aliphatic imine (C=N–C) groups is 1. The van der Waals surface area contributed by atoms with Crippen molar-refractivity contribution in [1.82, 2.24) is 0 Å². The summed E-state index contributed by atoms with van der Waals surface area (Å²) in [6.07, 6.45) is 1.52. The van der Waals surface area contributed by atoms with Crippen LogP contribution in [0.1, 0.15) is 13.8 Å². The zero-order valence-corrected chi connectivity index (χ0v) is 5.46. The Balaban J connectivity index is 4.06. The highest BCUT2D eigenvalue weighted by atomic mass is 16.3. The van der Waals surface area contributed by atoms with Crippen LogP contribution in [0.2, 0.25) is 0 Å². The molecule has 0 radical (unpaired) electrons. The lowest BCUT2D eigenvalue weighted by atomic mass is 10.4. The maximum atomic E-state index is 9.65. The SMILES string of the molecule is CC(C)=C(O)N=CC=O. The summed E-state index contributed by atoms with van der Waals surface area (Å²) in [4.78, 5) is 13.0. The van der Waals surface area contributed by atoms with Gasteiger partial charge in [-0.3, -0.25) is 4.79 Å². The molecule has 3 nitrogen and oxygen atoms in total. The molecule has 0 aliphatic rings. The van der Waals surface area contributed by atoms with Gasteiger partial charge >= 0.3 is 0 Å². The van der Waals surface area contributed by atoms with Gasteiger partial charge in [0, 0.05) is 0 Å². The maximum Gasteiger partial charge on any atom is 0.209 e. The number of aliphatic hydroxyl groups excluding tert-OH is 1. The third-order valence-electron chi connectivity index (χ3n) is 0.705. The molecule has 0 aromatic heterocycles. The zero-order valence-electron chi connectivity index (χ0n) is 5.46. The Kier molecular flexibility index (Phi) is 3.35. The first-order valence-electron chi connectivity index (χ1n) is 2.52. The Morgan fingerprint density at radius 2 is 2.11 bits per heavy atom. The molecule has 0 heterocycles. The summed E-state index contributed by atoms with van der Waals surface area (Å²) in [7, 11) is 0. The highest BCUT2D eigenvalue weighted by Crippen LogP contribution is 1.97. The average Bonchev–Trinajstić information content (AvgIpc) is 1.82. The van der Waals surface area contributed by atoms with Crippen molar-refractivity contribution in [1.29, 1.82) is 0 Å². The molecule has 0 aliphatic heterocycles. The molecule has 50 valence electrons. The van der Waals surface area contributed by atoms with Crippen LogP contribution in [-0.2, 0) is 4.79 Å². The van der Waals surface area contributed by atoms with Gasteiger partial charge < -0.3 is 5.11 Å². The minimum Gasteiger partial charge on any atom is -0.493 e. The minimum atomic E-state index is -0.0953. The fraction of sp³-hybridized carbons (Fsp3) is 0.333. The van der Waals surface area contributed by atoms with E-state index in [9.17, 15) is 4.79 Å². The van der Waals surface area contributed by atoms with Crippen LogP contribution in [-0.4, -0.2) is 17.6 Å². The van der Waals surface area contributed by atoms with E-state index in [0.29, 0.717) is 11.9 Å². The molecule has 0 unspecified atom stereocenters. The highest BCUT2D eigenvalue weighted by molar-refractivity contribution is 6.13. The molecule has 0 rings (SSSR count). The minimum absolute atomic E-state index is 0.0953. The standard InChI is InChI=1S/C6H9NO2/c1-5(2)6(9)7-3-4-8/h3-4,9H,1-2H3. The van der Waals surface area contributed by atoms with Crippen LogP contribution in [0.15, 0.2) is 16.4 Å². The van der Waals surface area contributed by atoms with Gasteiger partial charge in [-0.1, -0.05) is 0 Å². The van der Waals surface area contributed by atoms with Gasteiger partial charge in [0.15, 0.2) is 6.29 Å². The van der Waals surface area contributed by atoms with Crippen LogP contribution < -0.4 is 0 Å². The first-order chi connectivity index (χ1) is 4.18. The lowest BCUT2D eigenvalue weighted by Crippen LogP contribution is -1.81.